The largest absolute Gasteiger partial charge is 0.477 e. The van der Waals surface area contributed by atoms with Crippen molar-refractivity contribution in [2.24, 2.45) is 0 Å². The van der Waals surface area contributed by atoms with Crippen LogP contribution in [0.3, 0.4) is 0 Å². The van der Waals surface area contributed by atoms with E-state index in [-0.39, 0.29) is 5.69 Å². The van der Waals surface area contributed by atoms with Crippen LogP contribution >= 0.6 is 0 Å². The Morgan fingerprint density at radius 1 is 1.18 bits per heavy atom. The molecule has 0 saturated heterocycles. The second kappa shape index (κ2) is 7.30. The Morgan fingerprint density at radius 3 is 2.43 bits per heavy atom. The first-order chi connectivity index (χ1) is 13.2. The molecule has 0 atom stereocenters. The van der Waals surface area contributed by atoms with Crippen molar-refractivity contribution >= 4 is 23.4 Å². The number of aromatic nitrogens is 3. The van der Waals surface area contributed by atoms with Crippen molar-refractivity contribution in [3.63, 3.8) is 0 Å². The maximum atomic E-state index is 11.9. The van der Waals surface area contributed by atoms with E-state index in [4.69, 9.17) is 4.74 Å². The highest BCUT2D eigenvalue weighted by atomic mass is 16.6. The van der Waals surface area contributed by atoms with Gasteiger partial charge in [0.15, 0.2) is 11.3 Å². The Labute approximate surface area is 162 Å². The van der Waals surface area contributed by atoms with Crippen LogP contribution in [0.25, 0.3) is 16.9 Å². The highest BCUT2D eigenvalue weighted by Crippen LogP contribution is 2.23. The highest BCUT2D eigenvalue weighted by molar-refractivity contribution is 5.86. The number of benzene rings is 1. The van der Waals surface area contributed by atoms with E-state index in [2.05, 4.69) is 15.4 Å². The maximum Gasteiger partial charge on any atom is 0.412 e. The lowest BCUT2D eigenvalue weighted by atomic mass is 10.1. The minimum atomic E-state index is -1.07. The normalized spacial score (nSPS) is 11.4. The summed E-state index contributed by atoms with van der Waals surface area (Å²) in [7, 11) is 0. The first-order valence-electron chi connectivity index (χ1n) is 8.89. The molecule has 0 aliphatic heterocycles. The van der Waals surface area contributed by atoms with Gasteiger partial charge in [0.2, 0.25) is 0 Å². The van der Waals surface area contributed by atoms with Gasteiger partial charge in [-0.3, -0.25) is 5.32 Å². The third-order valence-corrected chi connectivity index (χ3v) is 3.91. The molecular formula is C20H22N4O4. The van der Waals surface area contributed by atoms with Crippen LogP contribution in [0.4, 0.5) is 10.5 Å². The molecule has 0 spiro atoms. The minimum absolute atomic E-state index is 0.00675. The molecule has 2 aromatic heterocycles. The van der Waals surface area contributed by atoms with E-state index in [1.807, 2.05) is 19.1 Å². The molecule has 8 heteroatoms. The van der Waals surface area contributed by atoms with Gasteiger partial charge in [-0.15, -0.1) is 0 Å². The number of carbonyl (C=O) groups excluding carboxylic acids is 1. The number of hydrogen-bond donors (Lipinski definition) is 2. The number of carboxylic acids is 1. The summed E-state index contributed by atoms with van der Waals surface area (Å²) in [6.45, 7) is 7.33. The molecule has 0 bridgehead atoms. The molecule has 0 aliphatic carbocycles. The molecule has 0 fully saturated rings. The second-order valence-electron chi connectivity index (χ2n) is 7.30. The van der Waals surface area contributed by atoms with Crippen molar-refractivity contribution in [3.05, 3.63) is 47.8 Å². The fourth-order valence-electron chi connectivity index (χ4n) is 2.69. The van der Waals surface area contributed by atoms with Gasteiger partial charge < -0.3 is 9.84 Å². The van der Waals surface area contributed by atoms with Crippen molar-refractivity contribution in [3.8, 4) is 11.3 Å². The van der Waals surface area contributed by atoms with Crippen LogP contribution in [0.1, 0.15) is 43.9 Å². The van der Waals surface area contributed by atoms with Crippen LogP contribution in [0.2, 0.25) is 0 Å². The summed E-state index contributed by atoms with van der Waals surface area (Å²) in [6.07, 6.45) is 0.102. The van der Waals surface area contributed by atoms with E-state index in [0.717, 1.165) is 11.3 Å². The maximum absolute atomic E-state index is 11.9. The van der Waals surface area contributed by atoms with Crippen LogP contribution in [0.5, 0.6) is 0 Å². The molecule has 0 aliphatic rings. The minimum Gasteiger partial charge on any atom is -0.477 e. The Bertz CT molecular complexity index is 1030. The molecular weight excluding hydrogens is 360 g/mol. The summed E-state index contributed by atoms with van der Waals surface area (Å²) < 4.78 is 6.88. The SMILES string of the molecule is CCc1cc(C(=O)O)nc2cc(-c3ccc(NC(=O)OC(C)(C)C)cc3)nn12. The molecule has 3 aromatic rings. The zero-order chi connectivity index (χ0) is 20.5. The van der Waals surface area contributed by atoms with Gasteiger partial charge in [-0.2, -0.15) is 5.10 Å². The summed E-state index contributed by atoms with van der Waals surface area (Å²) in [5.41, 5.74) is 2.74. The summed E-state index contributed by atoms with van der Waals surface area (Å²) >= 11 is 0. The van der Waals surface area contributed by atoms with Gasteiger partial charge in [0.05, 0.1) is 5.69 Å². The van der Waals surface area contributed by atoms with Crippen LogP contribution in [-0.2, 0) is 11.2 Å². The van der Waals surface area contributed by atoms with Gasteiger partial charge >= 0.3 is 12.1 Å². The molecule has 0 unspecified atom stereocenters. The van der Waals surface area contributed by atoms with Crippen LogP contribution in [0, 0.1) is 0 Å². The predicted octanol–water partition coefficient (Wildman–Crippen LogP) is 4.00. The number of aryl methyl sites for hydroxylation is 1. The number of rotatable bonds is 4. The number of fused-ring (bicyclic) bond motifs is 1. The Kier molecular flexibility index (Phi) is 5.04. The number of hydrogen-bond acceptors (Lipinski definition) is 5. The second-order valence-corrected chi connectivity index (χ2v) is 7.30. The summed E-state index contributed by atoms with van der Waals surface area (Å²) in [4.78, 5) is 27.3. The lowest BCUT2D eigenvalue weighted by Gasteiger charge is -2.19. The van der Waals surface area contributed by atoms with Crippen molar-refractivity contribution in [1.29, 1.82) is 0 Å². The van der Waals surface area contributed by atoms with Gasteiger partial charge in [-0.1, -0.05) is 19.1 Å². The molecule has 2 heterocycles. The first-order valence-corrected chi connectivity index (χ1v) is 8.89. The summed E-state index contributed by atoms with van der Waals surface area (Å²) in [5, 5.41) is 16.4. The van der Waals surface area contributed by atoms with E-state index >= 15 is 0 Å². The fraction of sp³-hybridized carbons (Fsp3) is 0.300. The standard InChI is InChI=1S/C20H22N4O4/c1-5-14-10-16(18(25)26)22-17-11-15(23-24(14)17)12-6-8-13(9-7-12)21-19(27)28-20(2,3)4/h6-11H,5H2,1-4H3,(H,21,27)(H,25,26). The molecule has 1 aromatic carbocycles. The molecule has 2 N–H and O–H groups in total. The third-order valence-electron chi connectivity index (χ3n) is 3.91. The lowest BCUT2D eigenvalue weighted by Crippen LogP contribution is -2.27. The Hall–Kier alpha value is -3.42. The summed E-state index contributed by atoms with van der Waals surface area (Å²) in [5.74, 6) is -1.07. The van der Waals surface area contributed by atoms with Gasteiger partial charge in [-0.25, -0.2) is 19.1 Å². The predicted molar refractivity (Wildman–Crippen MR) is 105 cm³/mol. The zero-order valence-corrected chi connectivity index (χ0v) is 16.2. The van der Waals surface area contributed by atoms with E-state index in [0.29, 0.717) is 23.4 Å². The molecule has 0 saturated carbocycles. The van der Waals surface area contributed by atoms with E-state index < -0.39 is 17.7 Å². The van der Waals surface area contributed by atoms with Crippen molar-refractivity contribution in [2.75, 3.05) is 5.32 Å². The van der Waals surface area contributed by atoms with Crippen molar-refractivity contribution in [1.82, 2.24) is 14.6 Å². The van der Waals surface area contributed by atoms with E-state index in [9.17, 15) is 14.7 Å². The number of nitrogens with one attached hydrogen (secondary N) is 1. The first kappa shape index (κ1) is 19.3. The van der Waals surface area contributed by atoms with E-state index in [1.165, 1.54) is 6.07 Å². The van der Waals surface area contributed by atoms with Crippen LogP contribution in [0.15, 0.2) is 36.4 Å². The lowest BCUT2D eigenvalue weighted by molar-refractivity contribution is 0.0634. The van der Waals surface area contributed by atoms with E-state index in [1.54, 1.807) is 43.5 Å². The zero-order valence-electron chi connectivity index (χ0n) is 16.2. The van der Waals surface area contributed by atoms with Gasteiger partial charge in [0.1, 0.15) is 5.60 Å². The molecule has 3 rings (SSSR count). The number of ether oxygens (including phenoxy) is 1. The average Bonchev–Trinajstić information content (AvgIpc) is 3.03. The smallest absolute Gasteiger partial charge is 0.412 e. The quantitative estimate of drug-likeness (QED) is 0.706. The number of amides is 1. The number of anilines is 1. The molecule has 0 radical (unpaired) electrons. The van der Waals surface area contributed by atoms with Gasteiger partial charge in [-0.05, 0) is 45.4 Å². The number of carbonyl (C=O) groups is 2. The summed E-state index contributed by atoms with van der Waals surface area (Å²) in [6, 6.07) is 10.4. The molecule has 28 heavy (non-hydrogen) atoms. The topological polar surface area (TPSA) is 106 Å². The molecule has 8 nitrogen and oxygen atoms in total. The number of nitrogens with zero attached hydrogens (tertiary/aromatic N) is 3. The number of carboxylic acid groups (broad SMARTS) is 1. The van der Waals surface area contributed by atoms with Crippen LogP contribution < -0.4 is 5.32 Å². The van der Waals surface area contributed by atoms with Crippen LogP contribution in [-0.4, -0.2) is 37.4 Å². The van der Waals surface area contributed by atoms with Gasteiger partial charge in [0.25, 0.3) is 0 Å². The average molecular weight is 382 g/mol. The molecule has 1 amide bonds. The Balaban J connectivity index is 1.86. The van der Waals surface area contributed by atoms with Gasteiger partial charge in [0, 0.05) is 23.0 Å². The monoisotopic (exact) mass is 382 g/mol. The molecule has 146 valence electrons. The highest BCUT2D eigenvalue weighted by Gasteiger charge is 2.17. The van der Waals surface area contributed by atoms with Crippen molar-refractivity contribution < 1.29 is 19.4 Å². The Morgan fingerprint density at radius 2 is 1.86 bits per heavy atom. The third kappa shape index (κ3) is 4.28. The number of aromatic carboxylic acids is 1. The fourth-order valence-corrected chi connectivity index (χ4v) is 2.69. The van der Waals surface area contributed by atoms with Crippen molar-refractivity contribution in [2.45, 2.75) is 39.7 Å².